The molecule has 0 spiro atoms. The van der Waals surface area contributed by atoms with Gasteiger partial charge in [0.15, 0.2) is 11.0 Å². The second kappa shape index (κ2) is 9.44. The lowest BCUT2D eigenvalue weighted by atomic mass is 10.1. The average molecular weight is 565 g/mol. The lowest BCUT2D eigenvalue weighted by Gasteiger charge is -2.25. The van der Waals surface area contributed by atoms with Crippen molar-refractivity contribution in [1.29, 1.82) is 0 Å². The van der Waals surface area contributed by atoms with Crippen molar-refractivity contribution in [3.8, 4) is 10.7 Å². The number of alkyl halides is 3. The zero-order valence-electron chi connectivity index (χ0n) is 21.1. The smallest absolute Gasteiger partial charge is 0.358 e. The number of halogens is 3. The van der Waals surface area contributed by atoms with E-state index in [2.05, 4.69) is 42.8 Å². The normalized spacial score (nSPS) is 15.4. The average Bonchev–Trinajstić information content (AvgIpc) is 3.72. The van der Waals surface area contributed by atoms with E-state index in [9.17, 15) is 18.0 Å². The third-order valence-corrected chi connectivity index (χ3v) is 8.31. The Morgan fingerprint density at radius 3 is 2.65 bits per heavy atom. The fourth-order valence-corrected chi connectivity index (χ4v) is 6.41. The van der Waals surface area contributed by atoms with Crippen molar-refractivity contribution in [3.63, 3.8) is 0 Å². The summed E-state index contributed by atoms with van der Waals surface area (Å²) < 4.78 is 42.4. The fourth-order valence-electron chi connectivity index (χ4n) is 5.52. The summed E-state index contributed by atoms with van der Waals surface area (Å²) in [6.07, 6.45) is -0.643. The van der Waals surface area contributed by atoms with Crippen LogP contribution in [0.2, 0.25) is 0 Å². The number of carbonyl (C=O) groups excluding carboxylic acids is 1. The molecule has 7 rings (SSSR count). The first-order valence-electron chi connectivity index (χ1n) is 12.8. The number of amides is 1. The summed E-state index contributed by atoms with van der Waals surface area (Å²) in [5, 5.41) is 14.8. The maximum absolute atomic E-state index is 13.7. The maximum atomic E-state index is 13.7. The number of imidazole rings is 1. The lowest BCUT2D eigenvalue weighted by molar-refractivity contribution is -0.139. The molecule has 1 aliphatic carbocycles. The first-order valence-corrected chi connectivity index (χ1v) is 13.7. The zero-order chi connectivity index (χ0) is 27.4. The Balaban J connectivity index is 1.18. The van der Waals surface area contributed by atoms with Gasteiger partial charge in [-0.1, -0.05) is 35.6 Å². The molecule has 1 amide bonds. The number of carbonyl (C=O) groups is 1. The van der Waals surface area contributed by atoms with Crippen LogP contribution in [0.4, 0.5) is 18.3 Å². The molecule has 2 aromatic carbocycles. The van der Waals surface area contributed by atoms with Gasteiger partial charge in [0.1, 0.15) is 12.2 Å². The molecule has 204 valence electrons. The van der Waals surface area contributed by atoms with Crippen LogP contribution in [0.25, 0.3) is 21.7 Å². The molecule has 0 fully saturated rings. The van der Waals surface area contributed by atoms with E-state index in [-0.39, 0.29) is 23.3 Å². The largest absolute Gasteiger partial charge is 0.406 e. The minimum atomic E-state index is -4.49. The van der Waals surface area contributed by atoms with Gasteiger partial charge in [-0.05, 0) is 42.2 Å². The van der Waals surface area contributed by atoms with E-state index in [0.717, 1.165) is 23.1 Å². The number of aromatic nitrogens is 6. The Morgan fingerprint density at radius 1 is 1.10 bits per heavy atom. The molecule has 0 bridgehead atoms. The van der Waals surface area contributed by atoms with Crippen LogP contribution in [-0.2, 0) is 32.4 Å². The fraction of sp³-hybridized carbons (Fsp3) is 0.296. The molecule has 0 unspecified atom stereocenters. The van der Waals surface area contributed by atoms with Gasteiger partial charge in [0.05, 0.1) is 34.3 Å². The van der Waals surface area contributed by atoms with Gasteiger partial charge < -0.3 is 14.8 Å². The number of hydrogen-bond acceptors (Lipinski definition) is 7. The second-order valence-electron chi connectivity index (χ2n) is 10.1. The third-order valence-electron chi connectivity index (χ3n) is 7.39. The zero-order valence-corrected chi connectivity index (χ0v) is 21.9. The van der Waals surface area contributed by atoms with Gasteiger partial charge in [0, 0.05) is 24.6 Å². The summed E-state index contributed by atoms with van der Waals surface area (Å²) in [6, 6.07) is 13.1. The van der Waals surface area contributed by atoms with Crippen molar-refractivity contribution in [3.05, 3.63) is 76.7 Å². The number of nitrogens with zero attached hydrogens (tertiary/aromatic N) is 6. The summed E-state index contributed by atoms with van der Waals surface area (Å²) >= 11 is 1.27. The van der Waals surface area contributed by atoms with Crippen molar-refractivity contribution in [2.24, 2.45) is 0 Å². The van der Waals surface area contributed by atoms with Gasteiger partial charge in [-0.25, -0.2) is 9.97 Å². The highest BCUT2D eigenvalue weighted by molar-refractivity contribution is 7.18. The maximum Gasteiger partial charge on any atom is 0.406 e. The van der Waals surface area contributed by atoms with Gasteiger partial charge in [-0.2, -0.15) is 28.6 Å². The topological polar surface area (TPSA) is 105 Å². The van der Waals surface area contributed by atoms with Gasteiger partial charge >= 0.3 is 6.18 Å². The number of anilines is 1. The quantitative estimate of drug-likeness (QED) is 0.323. The monoisotopic (exact) mass is 564 g/mol. The summed E-state index contributed by atoms with van der Waals surface area (Å²) in [4.78, 5) is 24.4. The van der Waals surface area contributed by atoms with Gasteiger partial charge in [-0.3, -0.25) is 4.79 Å². The van der Waals surface area contributed by atoms with E-state index in [4.69, 9.17) is 0 Å². The van der Waals surface area contributed by atoms with Crippen LogP contribution >= 0.6 is 11.3 Å². The molecule has 13 heteroatoms. The molecular weight excluding hydrogens is 541 g/mol. The first-order chi connectivity index (χ1) is 19.3. The highest BCUT2D eigenvalue weighted by Gasteiger charge is 2.32. The standard InChI is InChI=1S/C27H23F3N8OS/c28-27(29,30)14-38-22-11-17(25(39)37-8-7-19-21(13-37)35-36-34-19)5-6-20(22)33-24(38)23-12-31-26(40-23)32-18-9-15-3-1-2-4-16(15)10-18/h1-6,11-12,18H,7-10,13-14H2,(H,31,32)(H,34,35,36). The predicted octanol–water partition coefficient (Wildman–Crippen LogP) is 4.62. The number of fused-ring (bicyclic) bond motifs is 3. The Morgan fingerprint density at radius 2 is 1.88 bits per heavy atom. The summed E-state index contributed by atoms with van der Waals surface area (Å²) in [6.45, 7) is -0.494. The Bertz CT molecular complexity index is 1710. The van der Waals surface area contributed by atoms with E-state index in [1.807, 2.05) is 12.1 Å². The van der Waals surface area contributed by atoms with Crippen LogP contribution in [0.5, 0.6) is 0 Å². The SMILES string of the molecule is O=C(c1ccc2nc(-c3cnc(NC4Cc5ccccc5C4)s3)n(CC(F)(F)F)c2c1)N1CCc2n[nH]nc2C1. The molecule has 2 aliphatic rings. The van der Waals surface area contributed by atoms with Gasteiger partial charge in [0.2, 0.25) is 0 Å². The molecule has 0 radical (unpaired) electrons. The van der Waals surface area contributed by atoms with Crippen molar-refractivity contribution in [1.82, 2.24) is 34.8 Å². The second-order valence-corrected chi connectivity index (χ2v) is 11.1. The highest BCUT2D eigenvalue weighted by atomic mass is 32.1. The third kappa shape index (κ3) is 4.59. The minimum Gasteiger partial charge on any atom is -0.358 e. The molecule has 2 N–H and O–H groups in total. The molecule has 4 heterocycles. The van der Waals surface area contributed by atoms with E-state index < -0.39 is 12.7 Å². The molecular formula is C27H23F3N8OS. The summed E-state index contributed by atoms with van der Waals surface area (Å²) in [7, 11) is 0. The number of aromatic amines is 1. The molecule has 5 aromatic rings. The molecule has 0 saturated heterocycles. The van der Waals surface area contributed by atoms with Crippen molar-refractivity contribution >= 4 is 33.4 Å². The van der Waals surface area contributed by atoms with Crippen LogP contribution in [0.1, 0.15) is 32.9 Å². The molecule has 9 nitrogen and oxygen atoms in total. The van der Waals surface area contributed by atoms with Crippen LogP contribution in [-0.4, -0.2) is 59.5 Å². The highest BCUT2D eigenvalue weighted by Crippen LogP contribution is 2.35. The molecule has 0 saturated carbocycles. The van der Waals surface area contributed by atoms with E-state index in [1.165, 1.54) is 28.5 Å². The van der Waals surface area contributed by atoms with Gasteiger partial charge in [0.25, 0.3) is 5.91 Å². The van der Waals surface area contributed by atoms with E-state index in [1.54, 1.807) is 23.2 Å². The van der Waals surface area contributed by atoms with Crippen LogP contribution in [0, 0.1) is 0 Å². The van der Waals surface area contributed by atoms with E-state index >= 15 is 0 Å². The minimum absolute atomic E-state index is 0.169. The summed E-state index contributed by atoms with van der Waals surface area (Å²) in [5.74, 6) is -0.110. The van der Waals surface area contributed by atoms with Crippen LogP contribution in [0.3, 0.4) is 0 Å². The number of H-pyrrole nitrogens is 1. The number of thiazole rings is 1. The van der Waals surface area contributed by atoms with E-state index in [0.29, 0.717) is 46.3 Å². The first kappa shape index (κ1) is 24.8. The number of benzene rings is 2. The van der Waals surface area contributed by atoms with Gasteiger partial charge in [-0.15, -0.1) is 0 Å². The number of hydrogen-bond donors (Lipinski definition) is 2. The van der Waals surface area contributed by atoms with Crippen LogP contribution < -0.4 is 5.32 Å². The van der Waals surface area contributed by atoms with Crippen molar-refractivity contribution < 1.29 is 18.0 Å². The van der Waals surface area contributed by atoms with Crippen molar-refractivity contribution in [2.75, 3.05) is 11.9 Å². The molecule has 3 aromatic heterocycles. The van der Waals surface area contributed by atoms with Crippen LogP contribution in [0.15, 0.2) is 48.7 Å². The molecule has 1 aliphatic heterocycles. The Labute approximate surface area is 230 Å². The molecule has 0 atom stereocenters. The summed E-state index contributed by atoms with van der Waals surface area (Å²) in [5.41, 5.74) is 5.01. The Kier molecular flexibility index (Phi) is 5.84. The Hall–Kier alpha value is -4.26. The number of rotatable bonds is 5. The molecule has 40 heavy (non-hydrogen) atoms. The lowest BCUT2D eigenvalue weighted by Crippen LogP contribution is -2.36. The predicted molar refractivity (Wildman–Crippen MR) is 143 cm³/mol. The number of nitrogens with one attached hydrogen (secondary N) is 2. The van der Waals surface area contributed by atoms with Crippen molar-refractivity contribution in [2.45, 2.75) is 44.6 Å².